The molecule has 0 unspecified atom stereocenters. The lowest BCUT2D eigenvalue weighted by Crippen LogP contribution is -2.61. The third-order valence-corrected chi connectivity index (χ3v) is 6.33. The maximum absolute atomic E-state index is 13.9. The van der Waals surface area contributed by atoms with Crippen molar-refractivity contribution < 1.29 is 42.9 Å². The van der Waals surface area contributed by atoms with Crippen LogP contribution in [0, 0.1) is 22.7 Å². The Morgan fingerprint density at radius 2 is 1.39 bits per heavy atom. The van der Waals surface area contributed by atoms with E-state index in [1.807, 2.05) is 12.1 Å². The molecule has 3 rings (SSSR count). The van der Waals surface area contributed by atoms with Gasteiger partial charge in [0.15, 0.2) is 24.5 Å². The van der Waals surface area contributed by atoms with Gasteiger partial charge in [-0.3, -0.25) is 28.5 Å². The summed E-state index contributed by atoms with van der Waals surface area (Å²) in [5, 5.41) is 19.8. The molecule has 14 heteroatoms. The van der Waals surface area contributed by atoms with Crippen molar-refractivity contribution in [2.45, 2.75) is 63.4 Å². The van der Waals surface area contributed by atoms with Crippen molar-refractivity contribution >= 4 is 36.5 Å². The number of nitriles is 2. The highest BCUT2D eigenvalue weighted by Crippen LogP contribution is 2.38. The van der Waals surface area contributed by atoms with E-state index in [0.29, 0.717) is 5.56 Å². The molecule has 0 amide bonds. The monoisotopic (exact) mass is 583 g/mol. The number of benzene rings is 1. The molecule has 1 aliphatic rings. The van der Waals surface area contributed by atoms with Crippen LogP contribution in [-0.4, -0.2) is 59.5 Å². The Morgan fingerprint density at radius 1 is 0.854 bits per heavy atom. The van der Waals surface area contributed by atoms with Crippen LogP contribution < -0.4 is 5.56 Å². The van der Waals surface area contributed by atoms with E-state index in [2.05, 4.69) is 12.6 Å². The second-order valence-electron chi connectivity index (χ2n) is 8.80. The first-order chi connectivity index (χ1) is 19.4. The summed E-state index contributed by atoms with van der Waals surface area (Å²) in [4.78, 5) is 61.8. The third kappa shape index (κ3) is 6.74. The van der Waals surface area contributed by atoms with Crippen LogP contribution in [0.5, 0.6) is 0 Å². The van der Waals surface area contributed by atoms with Crippen molar-refractivity contribution in [1.29, 1.82) is 10.5 Å². The Morgan fingerprint density at radius 3 is 1.90 bits per heavy atom. The molecule has 1 aromatic carbocycles. The number of carbonyl (C=O) groups excluding carboxylic acids is 4. The van der Waals surface area contributed by atoms with Crippen molar-refractivity contribution in [2.75, 3.05) is 6.61 Å². The molecule has 41 heavy (non-hydrogen) atoms. The number of nitrogens with zero attached hydrogens (tertiary/aromatic N) is 3. The largest absolute Gasteiger partial charge is 0.463 e. The summed E-state index contributed by atoms with van der Waals surface area (Å²) in [5.41, 5.74) is -1.19. The van der Waals surface area contributed by atoms with Gasteiger partial charge in [-0.1, -0.05) is 30.3 Å². The van der Waals surface area contributed by atoms with Gasteiger partial charge in [0.1, 0.15) is 30.4 Å². The van der Waals surface area contributed by atoms with Gasteiger partial charge in [0, 0.05) is 33.3 Å². The van der Waals surface area contributed by atoms with Gasteiger partial charge in [0.25, 0.3) is 5.56 Å². The lowest BCUT2D eigenvalue weighted by Gasteiger charge is -2.45. The zero-order valence-electron chi connectivity index (χ0n) is 22.4. The maximum atomic E-state index is 13.9. The van der Waals surface area contributed by atoms with E-state index >= 15 is 0 Å². The van der Waals surface area contributed by atoms with E-state index in [0.717, 1.165) is 32.3 Å². The summed E-state index contributed by atoms with van der Waals surface area (Å²) in [6.45, 7) is 3.73. The van der Waals surface area contributed by atoms with Crippen molar-refractivity contribution in [3.63, 3.8) is 0 Å². The lowest BCUT2D eigenvalue weighted by atomic mass is 9.95. The Labute approximate surface area is 239 Å². The number of rotatable bonds is 7. The van der Waals surface area contributed by atoms with Crippen molar-refractivity contribution in [1.82, 2.24) is 4.57 Å². The molecule has 214 valence electrons. The van der Waals surface area contributed by atoms with Crippen molar-refractivity contribution in [3.8, 4) is 23.3 Å². The Kier molecular flexibility index (Phi) is 9.89. The topological polar surface area (TPSA) is 184 Å². The van der Waals surface area contributed by atoms with Gasteiger partial charge in [0.2, 0.25) is 0 Å². The minimum atomic E-state index is -1.69. The second-order valence-corrected chi connectivity index (χ2v) is 9.23. The molecule has 0 aliphatic carbocycles. The number of carbonyl (C=O) groups is 4. The highest BCUT2D eigenvalue weighted by molar-refractivity contribution is 7.80. The molecule has 1 aliphatic heterocycles. The summed E-state index contributed by atoms with van der Waals surface area (Å²) in [6.07, 6.45) is -7.76. The van der Waals surface area contributed by atoms with Crippen molar-refractivity contribution in [3.05, 3.63) is 51.8 Å². The van der Waals surface area contributed by atoms with E-state index in [4.69, 9.17) is 23.7 Å². The first-order valence-electron chi connectivity index (χ1n) is 12.1. The molecular formula is C27H25N3O10S. The molecule has 5 atom stereocenters. The summed E-state index contributed by atoms with van der Waals surface area (Å²) in [5.74, 6) is -3.32. The zero-order valence-corrected chi connectivity index (χ0v) is 23.2. The van der Waals surface area contributed by atoms with Crippen LogP contribution in [0.1, 0.15) is 45.0 Å². The fraction of sp³-hybridized carbons (Fsp3) is 0.370. The fourth-order valence-electron chi connectivity index (χ4n) is 4.43. The standard InChI is InChI=1S/C27H25N3O10S/c1-13(31)36-12-20-22(37-14(2)32)23(38-15(3)33)24(39-16(4)34)26(40-20)30-25(35)18(10-28)21(19(11-29)27(30)41)17-8-6-5-7-9-17/h5-9,20,22-24,26,41H,12H2,1-4H3/t20-,22-,23+,24+,26-/m1/s1. The zero-order chi connectivity index (χ0) is 30.4. The van der Waals surface area contributed by atoms with Gasteiger partial charge >= 0.3 is 23.9 Å². The minimum Gasteiger partial charge on any atom is -0.463 e. The molecule has 0 N–H and O–H groups in total. The first-order valence-corrected chi connectivity index (χ1v) is 12.5. The Bertz CT molecular complexity index is 1510. The van der Waals surface area contributed by atoms with E-state index in [1.165, 1.54) is 0 Å². The molecule has 0 saturated carbocycles. The Hall–Kier alpha value is -4.66. The summed E-state index contributed by atoms with van der Waals surface area (Å²) >= 11 is 4.43. The molecule has 2 heterocycles. The van der Waals surface area contributed by atoms with Gasteiger partial charge in [0.05, 0.1) is 10.6 Å². The van der Waals surface area contributed by atoms with Gasteiger partial charge in [-0.15, -0.1) is 12.6 Å². The second kappa shape index (κ2) is 13.1. The van der Waals surface area contributed by atoms with E-state index in [9.17, 15) is 34.5 Å². The van der Waals surface area contributed by atoms with E-state index in [-0.39, 0.29) is 16.2 Å². The molecule has 0 radical (unpaired) electrons. The highest BCUT2D eigenvalue weighted by Gasteiger charge is 2.53. The summed E-state index contributed by atoms with van der Waals surface area (Å²) in [7, 11) is 0. The molecule has 13 nitrogen and oxygen atoms in total. The molecule has 0 spiro atoms. The third-order valence-electron chi connectivity index (χ3n) is 5.89. The SMILES string of the molecule is CC(=O)OC[C@H]1O[C@@H](n2c(S)c(C#N)c(-c3ccccc3)c(C#N)c2=O)[C@@H](OC(C)=O)[C@@H](OC(C)=O)[C@@H]1OC(C)=O. The molecule has 1 fully saturated rings. The van der Waals surface area contributed by atoms with Crippen LogP contribution in [0.2, 0.25) is 0 Å². The van der Waals surface area contributed by atoms with E-state index in [1.54, 1.807) is 30.3 Å². The predicted molar refractivity (Wildman–Crippen MR) is 140 cm³/mol. The number of hydrogen-bond acceptors (Lipinski definition) is 13. The van der Waals surface area contributed by atoms with Crippen LogP contribution in [0.15, 0.2) is 40.2 Å². The first kappa shape index (κ1) is 30.9. The minimum absolute atomic E-state index is 0.0208. The van der Waals surface area contributed by atoms with Gasteiger partial charge < -0.3 is 23.7 Å². The number of esters is 4. The quantitative estimate of drug-likeness (QED) is 0.284. The van der Waals surface area contributed by atoms with Gasteiger partial charge in [-0.25, -0.2) is 0 Å². The van der Waals surface area contributed by atoms with Crippen LogP contribution >= 0.6 is 12.6 Å². The average molecular weight is 584 g/mol. The number of pyridine rings is 1. The summed E-state index contributed by atoms with van der Waals surface area (Å²) < 4.78 is 28.1. The normalized spacial score (nSPS) is 21.5. The maximum Gasteiger partial charge on any atom is 0.303 e. The predicted octanol–water partition coefficient (Wildman–Crippen LogP) is 1.80. The van der Waals surface area contributed by atoms with Gasteiger partial charge in [-0.2, -0.15) is 10.5 Å². The molecule has 1 aromatic heterocycles. The lowest BCUT2D eigenvalue weighted by molar-refractivity contribution is -0.270. The molecule has 0 bridgehead atoms. The Balaban J connectivity index is 2.35. The number of hydrogen-bond donors (Lipinski definition) is 1. The average Bonchev–Trinajstić information content (AvgIpc) is 2.90. The molecule has 1 saturated heterocycles. The van der Waals surface area contributed by atoms with E-state index < -0.39 is 72.3 Å². The fourth-order valence-corrected chi connectivity index (χ4v) is 4.80. The number of aromatic nitrogens is 1. The van der Waals surface area contributed by atoms with Crippen LogP contribution in [0.25, 0.3) is 11.1 Å². The molecular weight excluding hydrogens is 558 g/mol. The molecule has 2 aromatic rings. The van der Waals surface area contributed by atoms with Crippen LogP contribution in [-0.2, 0) is 42.9 Å². The van der Waals surface area contributed by atoms with Crippen molar-refractivity contribution in [2.24, 2.45) is 0 Å². The van der Waals surface area contributed by atoms with Crippen LogP contribution in [0.3, 0.4) is 0 Å². The smallest absolute Gasteiger partial charge is 0.303 e. The van der Waals surface area contributed by atoms with Gasteiger partial charge in [-0.05, 0) is 5.56 Å². The van der Waals surface area contributed by atoms with Crippen LogP contribution in [0.4, 0.5) is 0 Å². The number of ether oxygens (including phenoxy) is 5. The highest BCUT2D eigenvalue weighted by atomic mass is 32.1. The number of thiol groups is 1. The summed E-state index contributed by atoms with van der Waals surface area (Å²) in [6, 6.07) is 12.0.